The Kier molecular flexibility index (Phi) is 4.23. The molecule has 102 valence electrons. The van der Waals surface area contributed by atoms with E-state index in [9.17, 15) is 0 Å². The van der Waals surface area contributed by atoms with Crippen LogP contribution in [0.15, 0.2) is 89.9 Å². The zero-order valence-corrected chi connectivity index (χ0v) is 11.8. The second kappa shape index (κ2) is 6.67. The second-order valence-electron chi connectivity index (χ2n) is 4.94. The fraction of sp³-hybridized carbons (Fsp3) is 0.0500. The third-order valence-corrected chi connectivity index (χ3v) is 3.37. The Morgan fingerprint density at radius 3 is 1.86 bits per heavy atom. The molecule has 0 amide bonds. The maximum atomic E-state index is 4.49. The van der Waals surface area contributed by atoms with Gasteiger partial charge in [0, 0.05) is 6.21 Å². The molecule has 0 bridgehead atoms. The molecule has 3 aromatic carbocycles. The van der Waals surface area contributed by atoms with Crippen LogP contribution in [0.2, 0.25) is 0 Å². The highest BCUT2D eigenvalue weighted by molar-refractivity contribution is 5.79. The molecule has 0 aliphatic carbocycles. The van der Waals surface area contributed by atoms with Gasteiger partial charge in [-0.1, -0.05) is 84.9 Å². The van der Waals surface area contributed by atoms with E-state index >= 15 is 0 Å². The Morgan fingerprint density at radius 1 is 0.619 bits per heavy atom. The van der Waals surface area contributed by atoms with Crippen LogP contribution in [0, 0.1) is 0 Å². The highest BCUT2D eigenvalue weighted by Crippen LogP contribution is 2.19. The summed E-state index contributed by atoms with van der Waals surface area (Å²) in [5, 5.41) is 0. The Morgan fingerprint density at radius 2 is 1.19 bits per heavy atom. The van der Waals surface area contributed by atoms with Crippen LogP contribution in [-0.4, -0.2) is 6.21 Å². The highest BCUT2D eigenvalue weighted by Gasteiger charge is 1.96. The summed E-state index contributed by atoms with van der Waals surface area (Å²) in [6, 6.07) is 29.2. The van der Waals surface area contributed by atoms with Crippen LogP contribution in [0.4, 0.5) is 0 Å². The number of hydrogen-bond acceptors (Lipinski definition) is 1. The predicted molar refractivity (Wildman–Crippen MR) is 89.6 cm³/mol. The van der Waals surface area contributed by atoms with Gasteiger partial charge in [0.1, 0.15) is 0 Å². The Labute approximate surface area is 125 Å². The van der Waals surface area contributed by atoms with Crippen LogP contribution in [0.5, 0.6) is 0 Å². The molecule has 21 heavy (non-hydrogen) atoms. The van der Waals surface area contributed by atoms with Crippen molar-refractivity contribution in [2.75, 3.05) is 0 Å². The lowest BCUT2D eigenvalue weighted by Gasteiger charge is -2.02. The van der Waals surface area contributed by atoms with Crippen LogP contribution < -0.4 is 0 Å². The first kappa shape index (κ1) is 13.3. The SMILES string of the molecule is C(=NCc1ccc(-c2ccccc2)cc1)c1ccccc1. The molecule has 3 aromatic rings. The summed E-state index contributed by atoms with van der Waals surface area (Å²) in [4.78, 5) is 4.49. The van der Waals surface area contributed by atoms with Crippen molar-refractivity contribution < 1.29 is 0 Å². The Hall–Kier alpha value is -2.67. The first-order valence-electron chi connectivity index (χ1n) is 7.11. The summed E-state index contributed by atoms with van der Waals surface area (Å²) in [5.41, 5.74) is 4.85. The van der Waals surface area contributed by atoms with E-state index in [1.54, 1.807) is 0 Å². The smallest absolute Gasteiger partial charge is 0.0639 e. The summed E-state index contributed by atoms with van der Waals surface area (Å²) >= 11 is 0. The fourth-order valence-corrected chi connectivity index (χ4v) is 2.23. The fourth-order valence-electron chi connectivity index (χ4n) is 2.23. The minimum absolute atomic E-state index is 0.712. The first-order chi connectivity index (χ1) is 10.4. The number of benzene rings is 3. The Bertz CT molecular complexity index is 698. The number of nitrogens with zero attached hydrogens (tertiary/aromatic N) is 1. The summed E-state index contributed by atoms with van der Waals surface area (Å²) in [7, 11) is 0. The van der Waals surface area contributed by atoms with Gasteiger partial charge in [-0.3, -0.25) is 4.99 Å². The van der Waals surface area contributed by atoms with E-state index in [1.165, 1.54) is 16.7 Å². The molecule has 0 N–H and O–H groups in total. The van der Waals surface area contributed by atoms with Crippen LogP contribution in [0.25, 0.3) is 11.1 Å². The standard InChI is InChI=1S/C20H17N/c1-3-7-17(8-4-1)15-21-16-18-11-13-20(14-12-18)19-9-5-2-6-10-19/h1-15H,16H2. The average molecular weight is 271 g/mol. The van der Waals surface area contributed by atoms with Crippen LogP contribution in [-0.2, 0) is 6.54 Å². The van der Waals surface area contributed by atoms with Gasteiger partial charge in [0.25, 0.3) is 0 Å². The summed E-state index contributed by atoms with van der Waals surface area (Å²) in [6.45, 7) is 0.712. The lowest BCUT2D eigenvalue weighted by Crippen LogP contribution is -1.85. The molecule has 0 aliphatic heterocycles. The molecule has 0 saturated carbocycles. The molecule has 0 atom stereocenters. The van der Waals surface area contributed by atoms with Crippen LogP contribution in [0.1, 0.15) is 11.1 Å². The topological polar surface area (TPSA) is 12.4 Å². The van der Waals surface area contributed by atoms with Gasteiger partial charge in [0.15, 0.2) is 0 Å². The van der Waals surface area contributed by atoms with Crippen molar-refractivity contribution >= 4 is 6.21 Å². The quantitative estimate of drug-likeness (QED) is 0.594. The van der Waals surface area contributed by atoms with Gasteiger partial charge in [-0.25, -0.2) is 0 Å². The van der Waals surface area contributed by atoms with E-state index < -0.39 is 0 Å². The molecule has 0 unspecified atom stereocenters. The number of aliphatic imine (C=N–C) groups is 1. The van der Waals surface area contributed by atoms with Gasteiger partial charge in [0.2, 0.25) is 0 Å². The van der Waals surface area contributed by atoms with Crippen molar-refractivity contribution in [3.8, 4) is 11.1 Å². The molecule has 1 heteroatoms. The van der Waals surface area contributed by atoms with Crippen molar-refractivity contribution in [2.45, 2.75) is 6.54 Å². The van der Waals surface area contributed by atoms with Crippen molar-refractivity contribution in [3.63, 3.8) is 0 Å². The summed E-state index contributed by atoms with van der Waals surface area (Å²) < 4.78 is 0. The normalized spacial score (nSPS) is 10.9. The van der Waals surface area contributed by atoms with E-state index in [0.29, 0.717) is 6.54 Å². The third kappa shape index (κ3) is 3.67. The van der Waals surface area contributed by atoms with Gasteiger partial charge >= 0.3 is 0 Å². The minimum atomic E-state index is 0.712. The first-order valence-corrected chi connectivity index (χ1v) is 7.11. The van der Waals surface area contributed by atoms with E-state index in [4.69, 9.17) is 0 Å². The van der Waals surface area contributed by atoms with E-state index in [0.717, 1.165) is 5.56 Å². The van der Waals surface area contributed by atoms with Gasteiger partial charge in [-0.15, -0.1) is 0 Å². The van der Waals surface area contributed by atoms with E-state index in [-0.39, 0.29) is 0 Å². The number of hydrogen-bond donors (Lipinski definition) is 0. The van der Waals surface area contributed by atoms with Crippen molar-refractivity contribution in [1.82, 2.24) is 0 Å². The highest BCUT2D eigenvalue weighted by atomic mass is 14.7. The predicted octanol–water partition coefficient (Wildman–Crippen LogP) is 4.97. The average Bonchev–Trinajstić information content (AvgIpc) is 2.57. The third-order valence-electron chi connectivity index (χ3n) is 3.37. The minimum Gasteiger partial charge on any atom is -0.288 e. The largest absolute Gasteiger partial charge is 0.288 e. The molecular formula is C20H17N. The number of rotatable bonds is 4. The molecule has 0 aromatic heterocycles. The molecule has 3 rings (SSSR count). The lowest BCUT2D eigenvalue weighted by atomic mass is 10.0. The molecule has 0 heterocycles. The van der Waals surface area contributed by atoms with E-state index in [1.807, 2.05) is 30.5 Å². The van der Waals surface area contributed by atoms with Gasteiger partial charge in [-0.2, -0.15) is 0 Å². The molecule has 0 saturated heterocycles. The maximum absolute atomic E-state index is 4.49. The maximum Gasteiger partial charge on any atom is 0.0639 e. The van der Waals surface area contributed by atoms with Crippen LogP contribution in [0.3, 0.4) is 0 Å². The molecule has 0 spiro atoms. The monoisotopic (exact) mass is 271 g/mol. The lowest BCUT2D eigenvalue weighted by molar-refractivity contribution is 1.08. The van der Waals surface area contributed by atoms with Crippen LogP contribution >= 0.6 is 0 Å². The van der Waals surface area contributed by atoms with Gasteiger partial charge < -0.3 is 0 Å². The van der Waals surface area contributed by atoms with Crippen molar-refractivity contribution in [2.24, 2.45) is 4.99 Å². The second-order valence-corrected chi connectivity index (χ2v) is 4.94. The molecular weight excluding hydrogens is 254 g/mol. The summed E-state index contributed by atoms with van der Waals surface area (Å²) in [6.07, 6.45) is 1.92. The summed E-state index contributed by atoms with van der Waals surface area (Å²) in [5.74, 6) is 0. The molecule has 0 fully saturated rings. The Balaban J connectivity index is 1.66. The molecule has 0 aliphatic rings. The molecule has 0 radical (unpaired) electrons. The van der Waals surface area contributed by atoms with Crippen molar-refractivity contribution in [3.05, 3.63) is 96.1 Å². The van der Waals surface area contributed by atoms with E-state index in [2.05, 4.69) is 65.7 Å². The zero-order valence-electron chi connectivity index (χ0n) is 11.8. The zero-order chi connectivity index (χ0) is 14.3. The van der Waals surface area contributed by atoms with Gasteiger partial charge in [-0.05, 0) is 22.3 Å². The van der Waals surface area contributed by atoms with Crippen molar-refractivity contribution in [1.29, 1.82) is 0 Å². The molecule has 1 nitrogen and oxygen atoms in total. The van der Waals surface area contributed by atoms with Gasteiger partial charge in [0.05, 0.1) is 6.54 Å².